The fourth-order valence-electron chi connectivity index (χ4n) is 3.61. The Labute approximate surface area is 154 Å². The van der Waals surface area contributed by atoms with Crippen LogP contribution in [0.15, 0.2) is 53.2 Å². The molecular formula is C23H26N2O. The monoisotopic (exact) mass is 346 g/mol. The van der Waals surface area contributed by atoms with Gasteiger partial charge in [0.2, 0.25) is 0 Å². The highest BCUT2D eigenvalue weighted by atomic mass is 16.5. The van der Waals surface area contributed by atoms with Gasteiger partial charge in [-0.3, -0.25) is 0 Å². The highest BCUT2D eigenvalue weighted by molar-refractivity contribution is 5.81. The van der Waals surface area contributed by atoms with E-state index in [9.17, 15) is 0 Å². The van der Waals surface area contributed by atoms with Crippen molar-refractivity contribution in [3.63, 3.8) is 0 Å². The summed E-state index contributed by atoms with van der Waals surface area (Å²) >= 11 is 0. The summed E-state index contributed by atoms with van der Waals surface area (Å²) in [5.74, 6) is 0. The van der Waals surface area contributed by atoms with Gasteiger partial charge in [0, 0.05) is 16.6 Å². The van der Waals surface area contributed by atoms with Crippen molar-refractivity contribution < 1.29 is 4.52 Å². The van der Waals surface area contributed by atoms with Crippen molar-refractivity contribution in [2.75, 3.05) is 0 Å². The topological polar surface area (TPSA) is 41.8 Å². The molecule has 2 aromatic heterocycles. The highest BCUT2D eigenvalue weighted by Crippen LogP contribution is 2.32. The van der Waals surface area contributed by atoms with E-state index in [0.29, 0.717) is 0 Å². The van der Waals surface area contributed by atoms with Crippen LogP contribution in [0, 0.1) is 0 Å². The Kier molecular flexibility index (Phi) is 3.72. The van der Waals surface area contributed by atoms with Crippen molar-refractivity contribution in [3.05, 3.63) is 65.5 Å². The third kappa shape index (κ3) is 3.03. The molecule has 0 aliphatic heterocycles. The molecule has 26 heavy (non-hydrogen) atoms. The van der Waals surface area contributed by atoms with Crippen molar-refractivity contribution in [2.24, 2.45) is 0 Å². The summed E-state index contributed by atoms with van der Waals surface area (Å²) in [5.41, 5.74) is 6.10. The largest absolute Gasteiger partial charge is 0.358 e. The quantitative estimate of drug-likeness (QED) is 0.485. The first-order chi connectivity index (χ1) is 12.2. The number of nitrogens with zero attached hydrogens (tertiary/aromatic N) is 1. The van der Waals surface area contributed by atoms with Crippen molar-refractivity contribution in [1.82, 2.24) is 10.1 Å². The standard InChI is InChI=1S/C23H26N2O/c1-22(2,3)17-8-9-20-16(10-17)11-19(25-20)13-23(4,5)18-7-6-15-14-24-26-21(15)12-18/h6-12,14,25H,13H2,1-5H3. The third-order valence-electron chi connectivity index (χ3n) is 5.31. The van der Waals surface area contributed by atoms with Crippen LogP contribution in [0.5, 0.6) is 0 Å². The maximum Gasteiger partial charge on any atom is 0.167 e. The molecule has 0 spiro atoms. The van der Waals surface area contributed by atoms with Gasteiger partial charge in [0.15, 0.2) is 5.58 Å². The number of H-pyrrole nitrogens is 1. The van der Waals surface area contributed by atoms with Crippen LogP contribution < -0.4 is 0 Å². The van der Waals surface area contributed by atoms with Gasteiger partial charge in [-0.1, -0.05) is 51.9 Å². The zero-order chi connectivity index (χ0) is 18.5. The minimum absolute atomic E-state index is 0.00524. The van der Waals surface area contributed by atoms with Crippen LogP contribution in [0.3, 0.4) is 0 Å². The molecule has 0 bridgehead atoms. The van der Waals surface area contributed by atoms with E-state index in [4.69, 9.17) is 4.52 Å². The third-order valence-corrected chi connectivity index (χ3v) is 5.31. The zero-order valence-corrected chi connectivity index (χ0v) is 16.2. The molecule has 0 unspecified atom stereocenters. The summed E-state index contributed by atoms with van der Waals surface area (Å²) in [6, 6.07) is 15.4. The van der Waals surface area contributed by atoms with E-state index in [1.807, 2.05) is 0 Å². The fraction of sp³-hybridized carbons (Fsp3) is 0.348. The van der Waals surface area contributed by atoms with Gasteiger partial charge in [0.1, 0.15) is 0 Å². The van der Waals surface area contributed by atoms with Gasteiger partial charge in [-0.05, 0) is 64.1 Å². The molecule has 0 saturated carbocycles. The lowest BCUT2D eigenvalue weighted by atomic mass is 9.80. The highest BCUT2D eigenvalue weighted by Gasteiger charge is 2.23. The van der Waals surface area contributed by atoms with Gasteiger partial charge in [-0.25, -0.2) is 0 Å². The number of hydrogen-bond donors (Lipinski definition) is 1. The van der Waals surface area contributed by atoms with Crippen molar-refractivity contribution in [2.45, 2.75) is 51.9 Å². The predicted octanol–water partition coefficient (Wildman–Crippen LogP) is 6.13. The first kappa shape index (κ1) is 16.9. The van der Waals surface area contributed by atoms with E-state index in [0.717, 1.165) is 17.4 Å². The lowest BCUT2D eigenvalue weighted by Crippen LogP contribution is -2.20. The molecule has 2 heterocycles. The molecule has 0 amide bonds. The van der Waals surface area contributed by atoms with Gasteiger partial charge in [0.25, 0.3) is 0 Å². The summed E-state index contributed by atoms with van der Waals surface area (Å²) in [6.45, 7) is 11.3. The van der Waals surface area contributed by atoms with Crippen LogP contribution in [-0.2, 0) is 17.3 Å². The molecule has 3 nitrogen and oxygen atoms in total. The van der Waals surface area contributed by atoms with E-state index in [1.165, 1.54) is 27.7 Å². The van der Waals surface area contributed by atoms with Crippen LogP contribution in [0.4, 0.5) is 0 Å². The Morgan fingerprint density at radius 1 is 0.885 bits per heavy atom. The molecular weight excluding hydrogens is 320 g/mol. The second kappa shape index (κ2) is 5.73. The number of rotatable bonds is 3. The molecule has 4 aromatic rings. The normalized spacial score (nSPS) is 13.0. The molecule has 134 valence electrons. The van der Waals surface area contributed by atoms with Crippen LogP contribution in [0.2, 0.25) is 0 Å². The lowest BCUT2D eigenvalue weighted by molar-refractivity contribution is 0.454. The van der Waals surface area contributed by atoms with Crippen LogP contribution in [-0.4, -0.2) is 10.1 Å². The summed E-state index contributed by atoms with van der Waals surface area (Å²) < 4.78 is 5.34. The van der Waals surface area contributed by atoms with E-state index < -0.39 is 0 Å². The van der Waals surface area contributed by atoms with Crippen molar-refractivity contribution in [1.29, 1.82) is 0 Å². The predicted molar refractivity (Wildman–Crippen MR) is 108 cm³/mol. The SMILES string of the molecule is CC(C)(C)c1ccc2[nH]c(CC(C)(C)c3ccc4cnoc4c3)cc2c1. The Hall–Kier alpha value is -2.55. The Morgan fingerprint density at radius 3 is 2.42 bits per heavy atom. The molecule has 0 radical (unpaired) electrons. The van der Waals surface area contributed by atoms with Gasteiger partial charge in [-0.15, -0.1) is 0 Å². The summed E-state index contributed by atoms with van der Waals surface area (Å²) in [6.07, 6.45) is 2.70. The smallest absolute Gasteiger partial charge is 0.167 e. The maximum absolute atomic E-state index is 5.34. The number of nitrogens with one attached hydrogen (secondary N) is 1. The molecule has 0 atom stereocenters. The number of benzene rings is 2. The van der Waals surface area contributed by atoms with Crippen LogP contribution in [0.25, 0.3) is 21.9 Å². The number of aromatic amines is 1. The first-order valence-corrected chi connectivity index (χ1v) is 9.19. The molecule has 0 saturated heterocycles. The molecule has 1 N–H and O–H groups in total. The Balaban J connectivity index is 1.66. The van der Waals surface area contributed by atoms with Crippen LogP contribution in [0.1, 0.15) is 51.4 Å². The number of aromatic nitrogens is 2. The number of fused-ring (bicyclic) bond motifs is 2. The lowest BCUT2D eigenvalue weighted by Gasteiger charge is -2.24. The van der Waals surface area contributed by atoms with E-state index in [-0.39, 0.29) is 10.8 Å². The zero-order valence-electron chi connectivity index (χ0n) is 16.2. The average molecular weight is 346 g/mol. The average Bonchev–Trinajstić information content (AvgIpc) is 3.17. The van der Waals surface area contributed by atoms with Gasteiger partial charge in [-0.2, -0.15) is 0 Å². The van der Waals surface area contributed by atoms with E-state index in [1.54, 1.807) is 6.20 Å². The fourth-order valence-corrected chi connectivity index (χ4v) is 3.61. The van der Waals surface area contributed by atoms with E-state index in [2.05, 4.69) is 87.2 Å². The van der Waals surface area contributed by atoms with Gasteiger partial charge < -0.3 is 9.51 Å². The molecule has 0 aliphatic carbocycles. The molecule has 0 fully saturated rings. The first-order valence-electron chi connectivity index (χ1n) is 9.19. The molecule has 0 aliphatic rings. The minimum Gasteiger partial charge on any atom is -0.358 e. The molecule has 2 aromatic carbocycles. The van der Waals surface area contributed by atoms with Crippen molar-refractivity contribution >= 4 is 21.9 Å². The summed E-state index contributed by atoms with van der Waals surface area (Å²) in [5, 5.41) is 6.22. The Bertz CT molecular complexity index is 1080. The summed E-state index contributed by atoms with van der Waals surface area (Å²) in [7, 11) is 0. The second-order valence-corrected chi connectivity index (χ2v) is 8.99. The second-order valence-electron chi connectivity index (χ2n) is 8.99. The van der Waals surface area contributed by atoms with Crippen LogP contribution >= 0.6 is 0 Å². The number of hydrogen-bond acceptors (Lipinski definition) is 2. The molecule has 3 heteroatoms. The Morgan fingerprint density at radius 2 is 1.65 bits per heavy atom. The van der Waals surface area contributed by atoms with Crippen molar-refractivity contribution in [3.8, 4) is 0 Å². The minimum atomic E-state index is -0.00524. The van der Waals surface area contributed by atoms with Gasteiger partial charge >= 0.3 is 0 Å². The van der Waals surface area contributed by atoms with E-state index >= 15 is 0 Å². The van der Waals surface area contributed by atoms with Gasteiger partial charge in [0.05, 0.1) is 6.20 Å². The molecule has 4 rings (SSSR count). The summed E-state index contributed by atoms with van der Waals surface area (Å²) in [4.78, 5) is 3.60. The maximum atomic E-state index is 5.34.